The van der Waals surface area contributed by atoms with Crippen LogP contribution in [0, 0.1) is 10.1 Å². The molecule has 0 aromatic heterocycles. The Morgan fingerprint density at radius 2 is 1.93 bits per heavy atom. The number of anilines is 1. The number of rotatable bonds is 6. The first-order valence-corrected chi connectivity index (χ1v) is 9.55. The van der Waals surface area contributed by atoms with E-state index >= 15 is 0 Å². The van der Waals surface area contributed by atoms with Gasteiger partial charge in [-0.1, -0.05) is 30.7 Å². The van der Waals surface area contributed by atoms with Crippen LogP contribution in [0.5, 0.6) is 0 Å². The maximum atomic E-state index is 13.1. The van der Waals surface area contributed by atoms with Gasteiger partial charge in [-0.2, -0.15) is 0 Å². The number of hydrogen-bond donors (Lipinski definition) is 1. The smallest absolute Gasteiger partial charge is 0.270 e. The molecule has 1 amide bonds. The molecular weight excluding hydrogens is 382 g/mol. The minimum Gasteiger partial charge on any atom is -0.378 e. The lowest BCUT2D eigenvalue weighted by atomic mass is 10.0. The zero-order chi connectivity index (χ0) is 20.1. The molecule has 1 aliphatic rings. The van der Waals surface area contributed by atoms with Crippen LogP contribution in [0.15, 0.2) is 42.5 Å². The summed E-state index contributed by atoms with van der Waals surface area (Å²) < 4.78 is 5.37. The molecule has 3 rings (SSSR count). The first-order chi connectivity index (χ1) is 13.5. The Morgan fingerprint density at radius 3 is 2.54 bits per heavy atom. The zero-order valence-electron chi connectivity index (χ0n) is 15.6. The number of hydrogen-bond acceptors (Lipinski definition) is 5. The van der Waals surface area contributed by atoms with Gasteiger partial charge in [0, 0.05) is 30.2 Å². The van der Waals surface area contributed by atoms with E-state index in [9.17, 15) is 14.9 Å². The quantitative estimate of drug-likeness (QED) is 0.582. The number of carbonyl (C=O) groups is 1. The van der Waals surface area contributed by atoms with E-state index in [4.69, 9.17) is 16.3 Å². The molecule has 1 heterocycles. The number of amides is 1. The zero-order valence-corrected chi connectivity index (χ0v) is 16.3. The molecular formula is C20H22ClN3O4. The maximum Gasteiger partial charge on any atom is 0.270 e. The van der Waals surface area contributed by atoms with E-state index in [1.807, 2.05) is 24.0 Å². The molecule has 2 aromatic carbocycles. The highest BCUT2D eigenvalue weighted by Crippen LogP contribution is 2.28. The van der Waals surface area contributed by atoms with Gasteiger partial charge in [-0.3, -0.25) is 14.9 Å². The monoisotopic (exact) mass is 403 g/mol. The SMILES string of the molecule is CCC(NC(=O)c1cc([N+](=O)[O-])ccc1N1CCOCC1)c1ccc(Cl)cc1. The van der Waals surface area contributed by atoms with E-state index < -0.39 is 4.92 Å². The van der Waals surface area contributed by atoms with Crippen molar-refractivity contribution in [3.8, 4) is 0 Å². The standard InChI is InChI=1S/C20H22ClN3O4/c1-2-18(14-3-5-15(21)6-4-14)22-20(25)17-13-16(24(26)27)7-8-19(17)23-9-11-28-12-10-23/h3-8,13,18H,2,9-12H2,1H3,(H,22,25). The first-order valence-electron chi connectivity index (χ1n) is 9.17. The number of nitro benzene ring substituents is 1. The van der Waals surface area contributed by atoms with Crippen molar-refractivity contribution in [3.05, 3.63) is 68.7 Å². The highest BCUT2D eigenvalue weighted by atomic mass is 35.5. The van der Waals surface area contributed by atoms with Crippen molar-refractivity contribution in [1.82, 2.24) is 5.32 Å². The van der Waals surface area contributed by atoms with Gasteiger partial charge >= 0.3 is 0 Å². The van der Waals surface area contributed by atoms with E-state index in [1.54, 1.807) is 18.2 Å². The van der Waals surface area contributed by atoms with Gasteiger partial charge in [-0.05, 0) is 30.2 Å². The number of nitrogens with one attached hydrogen (secondary N) is 1. The van der Waals surface area contributed by atoms with E-state index in [2.05, 4.69) is 5.32 Å². The fourth-order valence-electron chi connectivity index (χ4n) is 3.25. The highest BCUT2D eigenvalue weighted by molar-refractivity contribution is 6.30. The molecule has 1 unspecified atom stereocenters. The predicted octanol–water partition coefficient (Wildman–Crippen LogP) is 3.97. The molecule has 8 heteroatoms. The molecule has 1 atom stereocenters. The van der Waals surface area contributed by atoms with Crippen molar-refractivity contribution in [1.29, 1.82) is 0 Å². The number of nitro groups is 1. The fourth-order valence-corrected chi connectivity index (χ4v) is 3.38. The number of non-ortho nitro benzene ring substituents is 1. The second-order valence-electron chi connectivity index (χ2n) is 6.54. The average molecular weight is 404 g/mol. The van der Waals surface area contributed by atoms with Crippen LogP contribution in [0.3, 0.4) is 0 Å². The number of halogens is 1. The van der Waals surface area contributed by atoms with Crippen LogP contribution in [0.25, 0.3) is 0 Å². The Labute approximate surface area is 168 Å². The lowest BCUT2D eigenvalue weighted by Crippen LogP contribution is -2.38. The lowest BCUT2D eigenvalue weighted by molar-refractivity contribution is -0.384. The molecule has 148 valence electrons. The number of nitrogens with zero attached hydrogens (tertiary/aromatic N) is 2. The molecule has 0 bridgehead atoms. The molecule has 2 aromatic rings. The second-order valence-corrected chi connectivity index (χ2v) is 6.98. The Morgan fingerprint density at radius 1 is 1.25 bits per heavy atom. The van der Waals surface area contributed by atoms with Crippen molar-refractivity contribution in [2.24, 2.45) is 0 Å². The molecule has 1 N–H and O–H groups in total. The van der Waals surface area contributed by atoms with Crippen LogP contribution in [-0.2, 0) is 4.74 Å². The second kappa shape index (κ2) is 9.03. The van der Waals surface area contributed by atoms with Gasteiger partial charge in [0.25, 0.3) is 11.6 Å². The highest BCUT2D eigenvalue weighted by Gasteiger charge is 2.23. The van der Waals surface area contributed by atoms with E-state index in [0.717, 1.165) is 5.56 Å². The third kappa shape index (κ3) is 4.61. The molecule has 0 radical (unpaired) electrons. The lowest BCUT2D eigenvalue weighted by Gasteiger charge is -2.30. The summed E-state index contributed by atoms with van der Waals surface area (Å²) in [5.41, 5.74) is 1.79. The van der Waals surface area contributed by atoms with Gasteiger partial charge in [0.15, 0.2) is 0 Å². The molecule has 0 aliphatic carbocycles. The summed E-state index contributed by atoms with van der Waals surface area (Å²) in [6.07, 6.45) is 0.676. The number of morpholine rings is 1. The molecule has 7 nitrogen and oxygen atoms in total. The van der Waals surface area contributed by atoms with Crippen molar-refractivity contribution in [2.45, 2.75) is 19.4 Å². The average Bonchev–Trinajstić information content (AvgIpc) is 2.72. The first kappa shape index (κ1) is 20.1. The third-order valence-corrected chi connectivity index (χ3v) is 5.03. The van der Waals surface area contributed by atoms with Crippen molar-refractivity contribution in [2.75, 3.05) is 31.2 Å². The van der Waals surface area contributed by atoms with Crippen LogP contribution in [0.2, 0.25) is 5.02 Å². The molecule has 1 fully saturated rings. The van der Waals surface area contributed by atoms with Gasteiger partial charge in [0.1, 0.15) is 0 Å². The fraction of sp³-hybridized carbons (Fsp3) is 0.350. The van der Waals surface area contributed by atoms with Gasteiger partial charge in [-0.25, -0.2) is 0 Å². The summed E-state index contributed by atoms with van der Waals surface area (Å²) in [6, 6.07) is 11.5. The minimum atomic E-state index is -0.490. The van der Waals surface area contributed by atoms with Crippen molar-refractivity contribution < 1.29 is 14.5 Å². The van der Waals surface area contributed by atoms with Crippen LogP contribution < -0.4 is 10.2 Å². The molecule has 28 heavy (non-hydrogen) atoms. The number of ether oxygens (including phenoxy) is 1. The summed E-state index contributed by atoms with van der Waals surface area (Å²) in [5.74, 6) is -0.341. The van der Waals surface area contributed by atoms with E-state index in [-0.39, 0.29) is 17.6 Å². The largest absolute Gasteiger partial charge is 0.378 e. The van der Waals surface area contributed by atoms with Crippen LogP contribution in [0.1, 0.15) is 35.3 Å². The predicted molar refractivity (Wildman–Crippen MR) is 108 cm³/mol. The minimum absolute atomic E-state index is 0.110. The van der Waals surface area contributed by atoms with Gasteiger partial charge in [0.2, 0.25) is 0 Å². The Bertz CT molecular complexity index is 851. The van der Waals surface area contributed by atoms with Crippen molar-refractivity contribution in [3.63, 3.8) is 0 Å². The van der Waals surface area contributed by atoms with Crippen LogP contribution in [0.4, 0.5) is 11.4 Å². The summed E-state index contributed by atoms with van der Waals surface area (Å²) in [6.45, 7) is 4.34. The maximum absolute atomic E-state index is 13.1. The molecule has 0 saturated carbocycles. The summed E-state index contributed by atoms with van der Waals surface area (Å²) in [5, 5.41) is 14.8. The van der Waals surface area contributed by atoms with Crippen molar-refractivity contribution >= 4 is 28.9 Å². The summed E-state index contributed by atoms with van der Waals surface area (Å²) in [4.78, 5) is 25.8. The molecule has 1 saturated heterocycles. The topological polar surface area (TPSA) is 84.7 Å². The number of benzene rings is 2. The van der Waals surface area contributed by atoms with Crippen LogP contribution >= 0.6 is 11.6 Å². The summed E-state index contributed by atoms with van der Waals surface area (Å²) in [7, 11) is 0. The van der Waals surface area contributed by atoms with E-state index in [1.165, 1.54) is 12.1 Å². The molecule has 1 aliphatic heterocycles. The Kier molecular flexibility index (Phi) is 6.49. The van der Waals surface area contributed by atoms with Gasteiger partial charge < -0.3 is 15.0 Å². The molecule has 0 spiro atoms. The summed E-state index contributed by atoms with van der Waals surface area (Å²) >= 11 is 5.95. The van der Waals surface area contributed by atoms with E-state index in [0.29, 0.717) is 49.0 Å². The third-order valence-electron chi connectivity index (χ3n) is 4.77. The normalized spacial score (nSPS) is 15.1. The van der Waals surface area contributed by atoms with Gasteiger partial charge in [-0.15, -0.1) is 0 Å². The number of carbonyl (C=O) groups excluding carboxylic acids is 1. The van der Waals surface area contributed by atoms with Crippen LogP contribution in [-0.4, -0.2) is 37.1 Å². The Balaban J connectivity index is 1.90. The Hall–Kier alpha value is -2.64. The van der Waals surface area contributed by atoms with Gasteiger partial charge in [0.05, 0.1) is 35.4 Å².